The fraction of sp³-hybridized carbons (Fsp3) is 0.545. The molecule has 8 heteroatoms. The van der Waals surface area contributed by atoms with Gasteiger partial charge in [-0.15, -0.1) is 0 Å². The van der Waals surface area contributed by atoms with E-state index in [2.05, 4.69) is 48.2 Å². The highest BCUT2D eigenvalue weighted by Gasteiger charge is 2.56. The number of rotatable bonds is 5. The van der Waals surface area contributed by atoms with Crippen LogP contribution in [0, 0.1) is 35.9 Å². The van der Waals surface area contributed by atoms with Crippen molar-refractivity contribution in [1.29, 1.82) is 0 Å². The summed E-state index contributed by atoms with van der Waals surface area (Å²) in [6.07, 6.45) is 4.48. The first-order valence-corrected chi connectivity index (χ1v) is 15.2. The summed E-state index contributed by atoms with van der Waals surface area (Å²) >= 11 is 0. The van der Waals surface area contributed by atoms with Crippen molar-refractivity contribution in [2.45, 2.75) is 72.5 Å². The van der Waals surface area contributed by atoms with E-state index in [4.69, 9.17) is 4.99 Å². The molecular weight excluding hydrogens is 515 g/mol. The van der Waals surface area contributed by atoms with Crippen molar-refractivity contribution < 1.29 is 4.39 Å². The average Bonchev–Trinajstić information content (AvgIpc) is 2.94. The van der Waals surface area contributed by atoms with Crippen LogP contribution in [0.4, 0.5) is 10.1 Å². The third-order valence-electron chi connectivity index (χ3n) is 10.2. The molecule has 218 valence electrons. The number of hydrogen-bond donors (Lipinski definition) is 2. The van der Waals surface area contributed by atoms with Crippen LogP contribution in [-0.4, -0.2) is 52.1 Å². The number of hydrogen-bond acceptors (Lipinski definition) is 4. The van der Waals surface area contributed by atoms with Crippen LogP contribution in [0.5, 0.6) is 0 Å². The minimum absolute atomic E-state index is 0.114. The molecule has 7 nitrogen and oxygen atoms in total. The Kier molecular flexibility index (Phi) is 7.39. The minimum atomic E-state index is -0.234. The Morgan fingerprint density at radius 3 is 2.76 bits per heavy atom. The molecule has 3 aliphatic carbocycles. The van der Waals surface area contributed by atoms with Crippen molar-refractivity contribution in [2.75, 3.05) is 25.0 Å². The maximum absolute atomic E-state index is 14.3. The van der Waals surface area contributed by atoms with E-state index in [0.29, 0.717) is 52.8 Å². The second kappa shape index (κ2) is 10.9. The molecule has 3 saturated carbocycles. The molecule has 2 N–H and O–H groups in total. The summed E-state index contributed by atoms with van der Waals surface area (Å²) in [5.74, 6) is 2.71. The van der Waals surface area contributed by atoms with Crippen molar-refractivity contribution in [3.63, 3.8) is 0 Å². The van der Waals surface area contributed by atoms with E-state index in [1.807, 2.05) is 31.2 Å². The van der Waals surface area contributed by atoms with Crippen LogP contribution in [0.25, 0.3) is 10.9 Å². The van der Waals surface area contributed by atoms with Crippen molar-refractivity contribution >= 4 is 22.5 Å². The smallest absolute Gasteiger partial charge is 0.261 e. The predicted molar refractivity (Wildman–Crippen MR) is 164 cm³/mol. The SMILES string of the molecule is Cc1ccc(CCn2cnc3cc(NC(=N[C@H]4C[C@@H]5C[C@@H]([C@H]4C)C5(C)C)N4CCN[C@@H](C)C4)ccc3c2=O)c(F)c1. The fourth-order valence-electron chi connectivity index (χ4n) is 7.39. The second-order valence-corrected chi connectivity index (χ2v) is 13.2. The van der Waals surface area contributed by atoms with Gasteiger partial charge in [0.2, 0.25) is 0 Å². The first kappa shape index (κ1) is 27.9. The second-order valence-electron chi connectivity index (χ2n) is 13.2. The standard InChI is InChI=1S/C33H43FN6O/c1-20-6-7-23(28(34)14-20)10-12-40-19-36-30-17-25(8-9-26(30)31(40)41)37-32(39-13-11-35-21(2)18-39)38-29-16-24-15-27(22(29)3)33(24,4)5/h6-9,14,17,19,21-22,24,27,29,35H,10-13,15-16,18H2,1-5H3,(H,37,38)/t21-,22+,24-,27-,29-/m0/s1. The number of benzene rings is 2. The number of aromatic nitrogens is 2. The van der Waals surface area contributed by atoms with E-state index in [0.717, 1.165) is 55.1 Å². The van der Waals surface area contributed by atoms with Gasteiger partial charge in [-0.05, 0) is 91.7 Å². The molecule has 2 aromatic carbocycles. The number of piperazine rings is 1. The molecule has 2 heterocycles. The Morgan fingerprint density at radius 2 is 2.02 bits per heavy atom. The van der Waals surface area contributed by atoms with Crippen molar-refractivity contribution in [1.82, 2.24) is 19.8 Å². The number of aliphatic imine (C=N–C) groups is 1. The highest BCUT2D eigenvalue weighted by Crippen LogP contribution is 2.61. The third kappa shape index (κ3) is 5.39. The third-order valence-corrected chi connectivity index (χ3v) is 10.2. The Labute approximate surface area is 242 Å². The number of aryl methyl sites for hydroxylation is 3. The maximum Gasteiger partial charge on any atom is 0.261 e. The molecule has 4 fully saturated rings. The summed E-state index contributed by atoms with van der Waals surface area (Å²) in [5.41, 5.74) is 3.31. The molecule has 1 aliphatic heterocycles. The highest BCUT2D eigenvalue weighted by atomic mass is 19.1. The number of nitrogens with zero attached hydrogens (tertiary/aromatic N) is 4. The van der Waals surface area contributed by atoms with Crippen LogP contribution in [0.1, 0.15) is 51.7 Å². The maximum atomic E-state index is 14.3. The molecule has 1 saturated heterocycles. The van der Waals surface area contributed by atoms with Gasteiger partial charge >= 0.3 is 0 Å². The number of anilines is 1. The first-order chi connectivity index (χ1) is 19.6. The summed E-state index contributed by atoms with van der Waals surface area (Å²) in [4.78, 5) is 25.6. The molecule has 0 unspecified atom stereocenters. The molecule has 0 spiro atoms. The molecule has 4 aliphatic rings. The number of fused-ring (bicyclic) bond motifs is 3. The van der Waals surface area contributed by atoms with Crippen LogP contribution in [0.2, 0.25) is 0 Å². The van der Waals surface area contributed by atoms with E-state index >= 15 is 0 Å². The Morgan fingerprint density at radius 1 is 1.20 bits per heavy atom. The monoisotopic (exact) mass is 558 g/mol. The van der Waals surface area contributed by atoms with Crippen molar-refractivity contribution in [3.8, 4) is 0 Å². The van der Waals surface area contributed by atoms with Crippen LogP contribution >= 0.6 is 0 Å². The Bertz CT molecular complexity index is 1530. The van der Waals surface area contributed by atoms with Crippen molar-refractivity contribution in [3.05, 3.63) is 70.0 Å². The molecular formula is C33H43FN6O. The normalized spacial score (nSPS) is 27.5. The topological polar surface area (TPSA) is 74.6 Å². The number of nitrogens with one attached hydrogen (secondary N) is 2. The van der Waals surface area contributed by atoms with E-state index in [9.17, 15) is 9.18 Å². The molecule has 3 aromatic rings. The van der Waals surface area contributed by atoms with Gasteiger partial charge in [0.05, 0.1) is 23.3 Å². The molecule has 7 rings (SSSR count). The lowest BCUT2D eigenvalue weighted by atomic mass is 9.45. The molecule has 0 radical (unpaired) electrons. The van der Waals surface area contributed by atoms with Gasteiger partial charge in [0.25, 0.3) is 5.56 Å². The van der Waals surface area contributed by atoms with Gasteiger partial charge in [-0.25, -0.2) is 14.4 Å². The van der Waals surface area contributed by atoms with Crippen molar-refractivity contribution in [2.24, 2.45) is 28.2 Å². The van der Waals surface area contributed by atoms with Gasteiger partial charge in [-0.1, -0.05) is 32.9 Å². The largest absolute Gasteiger partial charge is 0.340 e. The number of guanidine groups is 1. The van der Waals surface area contributed by atoms with Crippen LogP contribution in [0.15, 0.2) is 52.5 Å². The van der Waals surface area contributed by atoms with E-state index < -0.39 is 0 Å². The molecule has 1 aromatic heterocycles. The lowest BCUT2D eigenvalue weighted by Gasteiger charge is -2.61. The van der Waals surface area contributed by atoms with Crippen LogP contribution < -0.4 is 16.2 Å². The molecule has 2 bridgehead atoms. The number of halogens is 1. The Balaban J connectivity index is 1.23. The summed E-state index contributed by atoms with van der Waals surface area (Å²) in [6, 6.07) is 11.6. The molecule has 41 heavy (non-hydrogen) atoms. The van der Waals surface area contributed by atoms with Gasteiger partial charge in [0.15, 0.2) is 5.96 Å². The Hall–Kier alpha value is -3.26. The van der Waals surface area contributed by atoms with E-state index in [1.54, 1.807) is 17.0 Å². The predicted octanol–water partition coefficient (Wildman–Crippen LogP) is 5.22. The van der Waals surface area contributed by atoms with Crippen LogP contribution in [0.3, 0.4) is 0 Å². The summed E-state index contributed by atoms with van der Waals surface area (Å²) < 4.78 is 15.9. The average molecular weight is 559 g/mol. The lowest BCUT2D eigenvalue weighted by molar-refractivity contribution is -0.108. The minimum Gasteiger partial charge on any atom is -0.340 e. The summed E-state index contributed by atoms with van der Waals surface area (Å²) in [7, 11) is 0. The quantitative estimate of drug-likeness (QED) is 0.332. The van der Waals surface area contributed by atoms with Gasteiger partial charge in [-0.3, -0.25) is 9.36 Å². The summed E-state index contributed by atoms with van der Waals surface area (Å²) in [5, 5.41) is 7.72. The zero-order valence-electron chi connectivity index (χ0n) is 25.0. The van der Waals surface area contributed by atoms with Crippen LogP contribution in [-0.2, 0) is 13.0 Å². The van der Waals surface area contributed by atoms with E-state index in [-0.39, 0.29) is 11.4 Å². The zero-order chi connectivity index (χ0) is 28.9. The van der Waals surface area contributed by atoms with Gasteiger partial charge in [0, 0.05) is 37.9 Å². The van der Waals surface area contributed by atoms with E-state index in [1.165, 1.54) is 12.5 Å². The summed E-state index contributed by atoms with van der Waals surface area (Å²) in [6.45, 7) is 14.4. The van der Waals surface area contributed by atoms with Gasteiger partial charge < -0.3 is 15.5 Å². The molecule has 5 atom stereocenters. The van der Waals surface area contributed by atoms with Gasteiger partial charge in [-0.2, -0.15) is 0 Å². The lowest BCUT2D eigenvalue weighted by Crippen LogP contribution is -2.57. The fourth-order valence-corrected chi connectivity index (χ4v) is 7.39. The first-order valence-electron chi connectivity index (χ1n) is 15.2. The highest BCUT2D eigenvalue weighted by molar-refractivity contribution is 5.96. The van der Waals surface area contributed by atoms with Gasteiger partial charge in [0.1, 0.15) is 5.82 Å². The zero-order valence-corrected chi connectivity index (χ0v) is 25.0. The molecule has 0 amide bonds.